The van der Waals surface area contributed by atoms with Gasteiger partial charge >= 0.3 is 5.97 Å². The fraction of sp³-hybridized carbons (Fsp3) is 0.467. The minimum atomic E-state index is -0.970. The zero-order valence-electron chi connectivity index (χ0n) is 12.6. The van der Waals surface area contributed by atoms with E-state index in [4.69, 9.17) is 9.84 Å². The van der Waals surface area contributed by atoms with Crippen molar-refractivity contribution in [3.05, 3.63) is 29.8 Å². The van der Waals surface area contributed by atoms with Crippen molar-refractivity contribution in [1.29, 1.82) is 0 Å². The number of carbonyl (C=O) groups is 2. The fourth-order valence-corrected chi connectivity index (χ4v) is 1.97. The minimum Gasteiger partial charge on any atom is -0.497 e. The van der Waals surface area contributed by atoms with Crippen LogP contribution in [0.2, 0.25) is 0 Å². The van der Waals surface area contributed by atoms with Gasteiger partial charge in [0.15, 0.2) is 0 Å². The van der Waals surface area contributed by atoms with Gasteiger partial charge < -0.3 is 20.1 Å². The molecule has 1 unspecified atom stereocenters. The van der Waals surface area contributed by atoms with E-state index in [9.17, 15) is 9.59 Å². The van der Waals surface area contributed by atoms with Crippen LogP contribution in [0, 0.1) is 0 Å². The van der Waals surface area contributed by atoms with E-state index in [0.29, 0.717) is 6.54 Å². The van der Waals surface area contributed by atoms with Crippen molar-refractivity contribution in [3.8, 4) is 5.75 Å². The Labute approximate surface area is 124 Å². The number of nitrogens with one attached hydrogen (secondary N) is 1. The third-order valence-electron chi connectivity index (χ3n) is 3.16. The van der Waals surface area contributed by atoms with Gasteiger partial charge in [-0.25, -0.2) is 0 Å². The second-order valence-electron chi connectivity index (χ2n) is 4.95. The van der Waals surface area contributed by atoms with Crippen LogP contribution in [0.1, 0.15) is 24.4 Å². The quantitative estimate of drug-likeness (QED) is 0.755. The summed E-state index contributed by atoms with van der Waals surface area (Å²) in [7, 11) is 5.46. The summed E-state index contributed by atoms with van der Waals surface area (Å²) in [6.07, 6.45) is -0.161. The number of benzene rings is 1. The lowest BCUT2D eigenvalue weighted by Gasteiger charge is -2.25. The average molecular weight is 294 g/mol. The first kappa shape index (κ1) is 17.0. The first-order chi connectivity index (χ1) is 9.93. The molecule has 116 valence electrons. The molecule has 0 aromatic heterocycles. The van der Waals surface area contributed by atoms with Crippen LogP contribution in [0.5, 0.6) is 5.75 Å². The first-order valence-corrected chi connectivity index (χ1v) is 6.73. The molecule has 0 saturated carbocycles. The normalized spacial score (nSPS) is 12.0. The minimum absolute atomic E-state index is 0.00567. The van der Waals surface area contributed by atoms with Crippen molar-refractivity contribution < 1.29 is 19.4 Å². The number of aliphatic carboxylic acids is 1. The summed E-state index contributed by atoms with van der Waals surface area (Å²) in [5, 5.41) is 11.3. The zero-order valence-corrected chi connectivity index (χ0v) is 12.6. The van der Waals surface area contributed by atoms with E-state index < -0.39 is 5.97 Å². The summed E-state index contributed by atoms with van der Waals surface area (Å²) in [6, 6.07) is 7.65. The monoisotopic (exact) mass is 294 g/mol. The van der Waals surface area contributed by atoms with Gasteiger partial charge in [-0.05, 0) is 31.8 Å². The van der Waals surface area contributed by atoms with E-state index >= 15 is 0 Å². The van der Waals surface area contributed by atoms with Crippen LogP contribution in [0.25, 0.3) is 0 Å². The molecule has 0 bridgehead atoms. The van der Waals surface area contributed by atoms with Crippen molar-refractivity contribution >= 4 is 11.9 Å². The summed E-state index contributed by atoms with van der Waals surface area (Å²) in [5.74, 6) is -0.467. The third-order valence-corrected chi connectivity index (χ3v) is 3.16. The molecule has 6 nitrogen and oxygen atoms in total. The Morgan fingerprint density at radius 2 is 2.05 bits per heavy atom. The molecule has 1 atom stereocenters. The van der Waals surface area contributed by atoms with Gasteiger partial charge in [-0.2, -0.15) is 0 Å². The number of ether oxygens (including phenoxy) is 1. The molecule has 21 heavy (non-hydrogen) atoms. The Balaban J connectivity index is 2.65. The van der Waals surface area contributed by atoms with Gasteiger partial charge in [0.05, 0.1) is 19.6 Å². The molecule has 0 aliphatic carbocycles. The lowest BCUT2D eigenvalue weighted by atomic mass is 10.1. The van der Waals surface area contributed by atoms with E-state index in [2.05, 4.69) is 5.32 Å². The van der Waals surface area contributed by atoms with Gasteiger partial charge in [0.1, 0.15) is 5.75 Å². The number of rotatable bonds is 8. The van der Waals surface area contributed by atoms with E-state index in [1.165, 1.54) is 0 Å². The largest absolute Gasteiger partial charge is 0.497 e. The Bertz CT molecular complexity index is 488. The number of hydrogen-bond acceptors (Lipinski definition) is 4. The topological polar surface area (TPSA) is 78.9 Å². The van der Waals surface area contributed by atoms with Crippen LogP contribution in [0.4, 0.5) is 0 Å². The van der Waals surface area contributed by atoms with E-state index in [0.717, 1.165) is 11.3 Å². The van der Waals surface area contributed by atoms with Crippen molar-refractivity contribution in [1.82, 2.24) is 10.2 Å². The molecule has 0 heterocycles. The van der Waals surface area contributed by atoms with Gasteiger partial charge in [0, 0.05) is 13.0 Å². The number of amides is 1. The Morgan fingerprint density at radius 3 is 2.62 bits per heavy atom. The number of carboxylic acid groups (broad SMARTS) is 1. The first-order valence-electron chi connectivity index (χ1n) is 6.73. The van der Waals surface area contributed by atoms with Gasteiger partial charge in [-0.3, -0.25) is 9.59 Å². The molecule has 1 rings (SSSR count). The SMILES string of the molecule is COc1cccc(C(CNC(=O)CCC(=O)O)N(C)C)c1. The predicted molar refractivity (Wildman–Crippen MR) is 79.3 cm³/mol. The maximum absolute atomic E-state index is 11.6. The maximum atomic E-state index is 11.6. The second kappa shape index (κ2) is 8.26. The molecule has 0 spiro atoms. The number of nitrogens with zero attached hydrogens (tertiary/aromatic N) is 1. The predicted octanol–water partition coefficient (Wildman–Crippen LogP) is 1.28. The van der Waals surface area contributed by atoms with E-state index in [1.807, 2.05) is 43.3 Å². The molecular weight excluding hydrogens is 272 g/mol. The van der Waals surface area contributed by atoms with Crippen LogP contribution >= 0.6 is 0 Å². The van der Waals surface area contributed by atoms with Crippen LogP contribution in [-0.2, 0) is 9.59 Å². The molecule has 0 radical (unpaired) electrons. The summed E-state index contributed by atoms with van der Waals surface area (Å²) < 4.78 is 5.20. The highest BCUT2D eigenvalue weighted by atomic mass is 16.5. The summed E-state index contributed by atoms with van der Waals surface area (Å²) in [5.41, 5.74) is 1.03. The van der Waals surface area contributed by atoms with Crippen molar-refractivity contribution in [2.45, 2.75) is 18.9 Å². The fourth-order valence-electron chi connectivity index (χ4n) is 1.97. The zero-order chi connectivity index (χ0) is 15.8. The number of carbonyl (C=O) groups excluding carboxylic acids is 1. The Morgan fingerprint density at radius 1 is 1.33 bits per heavy atom. The third kappa shape index (κ3) is 5.83. The molecular formula is C15H22N2O4. The highest BCUT2D eigenvalue weighted by Gasteiger charge is 2.16. The standard InChI is InChI=1S/C15H22N2O4/c1-17(2)13(10-16-14(18)7-8-15(19)20)11-5-4-6-12(9-11)21-3/h4-6,9,13H,7-8,10H2,1-3H3,(H,16,18)(H,19,20). The number of carboxylic acids is 1. The second-order valence-corrected chi connectivity index (χ2v) is 4.95. The van der Waals surface area contributed by atoms with Gasteiger partial charge in [0.25, 0.3) is 0 Å². The van der Waals surface area contributed by atoms with Gasteiger partial charge in [-0.1, -0.05) is 12.1 Å². The number of hydrogen-bond donors (Lipinski definition) is 2. The van der Waals surface area contributed by atoms with Crippen molar-refractivity contribution in [3.63, 3.8) is 0 Å². The maximum Gasteiger partial charge on any atom is 0.303 e. The van der Waals surface area contributed by atoms with Crippen LogP contribution < -0.4 is 10.1 Å². The average Bonchev–Trinajstić information content (AvgIpc) is 2.45. The molecule has 0 aliphatic heterocycles. The van der Waals surface area contributed by atoms with Gasteiger partial charge in [0.2, 0.25) is 5.91 Å². The summed E-state index contributed by atoms with van der Waals surface area (Å²) in [6.45, 7) is 0.415. The molecule has 6 heteroatoms. The summed E-state index contributed by atoms with van der Waals surface area (Å²) >= 11 is 0. The molecule has 0 aliphatic rings. The molecule has 0 fully saturated rings. The van der Waals surface area contributed by atoms with Gasteiger partial charge in [-0.15, -0.1) is 0 Å². The Kier molecular flexibility index (Phi) is 6.68. The lowest BCUT2D eigenvalue weighted by molar-refractivity contribution is -0.138. The van der Waals surface area contributed by atoms with E-state index in [-0.39, 0.29) is 24.8 Å². The lowest BCUT2D eigenvalue weighted by Crippen LogP contribution is -2.34. The number of methoxy groups -OCH3 is 1. The molecule has 2 N–H and O–H groups in total. The Hall–Kier alpha value is -2.08. The molecule has 1 amide bonds. The van der Waals surface area contributed by atoms with Crippen LogP contribution in [0.3, 0.4) is 0 Å². The summed E-state index contributed by atoms with van der Waals surface area (Å²) in [4.78, 5) is 24.0. The van der Waals surface area contributed by atoms with Crippen molar-refractivity contribution in [2.75, 3.05) is 27.7 Å². The number of likely N-dealkylation sites (N-methyl/N-ethyl adjacent to an activating group) is 1. The highest BCUT2D eigenvalue weighted by molar-refractivity contribution is 5.80. The van der Waals surface area contributed by atoms with Crippen LogP contribution in [-0.4, -0.2) is 49.6 Å². The molecule has 1 aromatic carbocycles. The van der Waals surface area contributed by atoms with Crippen molar-refractivity contribution in [2.24, 2.45) is 0 Å². The molecule has 1 aromatic rings. The van der Waals surface area contributed by atoms with Crippen LogP contribution in [0.15, 0.2) is 24.3 Å². The molecule has 0 saturated heterocycles. The smallest absolute Gasteiger partial charge is 0.303 e. The van der Waals surface area contributed by atoms with E-state index in [1.54, 1.807) is 7.11 Å². The highest BCUT2D eigenvalue weighted by Crippen LogP contribution is 2.22.